The Labute approximate surface area is 148 Å². The Morgan fingerprint density at radius 1 is 1.28 bits per heavy atom. The number of carbonyl (C=O) groups excluding carboxylic acids is 1. The van der Waals surface area contributed by atoms with Crippen LogP contribution in [-0.4, -0.2) is 37.3 Å². The first kappa shape index (κ1) is 19.1. The molecule has 0 saturated heterocycles. The van der Waals surface area contributed by atoms with Crippen LogP contribution in [0.3, 0.4) is 0 Å². The van der Waals surface area contributed by atoms with Gasteiger partial charge in [0.15, 0.2) is 0 Å². The average molecular weight is 388 g/mol. The van der Waals surface area contributed by atoms with Crippen LogP contribution in [0.15, 0.2) is 46.2 Å². The smallest absolute Gasteiger partial charge is 0.251 e. The first-order chi connectivity index (χ1) is 11.6. The number of benzene rings is 1. The van der Waals surface area contributed by atoms with Crippen LogP contribution in [0, 0.1) is 5.82 Å². The standard InChI is InChI=1S/C15H15ClFN3O4S/c1-19(2)25(23,24)11-4-6-15(22)20(8-11)9-14(21)18-13-5-3-10(17)7-12(13)16/h3-8H,9H2,1-2H3,(H,18,21). The number of hydrogen-bond acceptors (Lipinski definition) is 4. The number of carbonyl (C=O) groups is 1. The van der Waals surface area contributed by atoms with Gasteiger partial charge in [-0.25, -0.2) is 17.1 Å². The van der Waals surface area contributed by atoms with E-state index < -0.39 is 33.9 Å². The first-order valence-electron chi connectivity index (χ1n) is 6.99. The number of amides is 1. The molecule has 1 amide bonds. The quantitative estimate of drug-likeness (QED) is 0.842. The van der Waals surface area contributed by atoms with Crippen molar-refractivity contribution in [3.63, 3.8) is 0 Å². The lowest BCUT2D eigenvalue weighted by atomic mass is 10.3. The fourth-order valence-corrected chi connectivity index (χ4v) is 3.07. The summed E-state index contributed by atoms with van der Waals surface area (Å²) < 4.78 is 39.2. The molecule has 0 atom stereocenters. The van der Waals surface area contributed by atoms with Gasteiger partial charge in [0.1, 0.15) is 12.4 Å². The largest absolute Gasteiger partial charge is 0.323 e. The second kappa shape index (κ2) is 7.34. The zero-order chi connectivity index (χ0) is 18.8. The zero-order valence-electron chi connectivity index (χ0n) is 13.4. The number of aromatic nitrogens is 1. The van der Waals surface area contributed by atoms with Crippen LogP contribution >= 0.6 is 11.6 Å². The number of halogens is 2. The van der Waals surface area contributed by atoms with Crippen LogP contribution in [0.1, 0.15) is 0 Å². The number of nitrogens with one attached hydrogen (secondary N) is 1. The lowest BCUT2D eigenvalue weighted by molar-refractivity contribution is -0.116. The number of pyridine rings is 1. The van der Waals surface area contributed by atoms with Crippen LogP contribution in [0.2, 0.25) is 5.02 Å². The molecule has 0 aliphatic heterocycles. The second-order valence-corrected chi connectivity index (χ2v) is 7.85. The Balaban J connectivity index is 2.25. The fraction of sp³-hybridized carbons (Fsp3) is 0.200. The van der Waals surface area contributed by atoms with E-state index in [1.54, 1.807) is 0 Å². The monoisotopic (exact) mass is 387 g/mol. The highest BCUT2D eigenvalue weighted by Gasteiger charge is 2.18. The summed E-state index contributed by atoms with van der Waals surface area (Å²) in [7, 11) is -1.03. The summed E-state index contributed by atoms with van der Waals surface area (Å²) >= 11 is 5.82. The Hall–Kier alpha value is -2.23. The van der Waals surface area contributed by atoms with E-state index in [0.29, 0.717) is 0 Å². The van der Waals surface area contributed by atoms with Gasteiger partial charge in [0, 0.05) is 26.4 Å². The van der Waals surface area contributed by atoms with Gasteiger partial charge in [-0.3, -0.25) is 9.59 Å². The van der Waals surface area contributed by atoms with Gasteiger partial charge in [0.2, 0.25) is 15.9 Å². The van der Waals surface area contributed by atoms with Crippen LogP contribution in [0.4, 0.5) is 10.1 Å². The Bertz CT molecular complexity index is 973. The number of nitrogens with zero attached hydrogens (tertiary/aromatic N) is 2. The topological polar surface area (TPSA) is 88.5 Å². The summed E-state index contributed by atoms with van der Waals surface area (Å²) in [5.74, 6) is -1.17. The molecule has 1 aromatic heterocycles. The van der Waals surface area contributed by atoms with Crippen molar-refractivity contribution in [3.8, 4) is 0 Å². The summed E-state index contributed by atoms with van der Waals surface area (Å²) in [5, 5.41) is 2.44. The van der Waals surface area contributed by atoms with Crippen molar-refractivity contribution in [2.75, 3.05) is 19.4 Å². The molecule has 0 saturated carbocycles. The van der Waals surface area contributed by atoms with Crippen molar-refractivity contribution in [2.45, 2.75) is 11.4 Å². The number of rotatable bonds is 5. The van der Waals surface area contributed by atoms with Crippen LogP contribution in [-0.2, 0) is 21.4 Å². The van der Waals surface area contributed by atoms with Gasteiger partial charge in [-0.1, -0.05) is 11.6 Å². The Morgan fingerprint density at radius 3 is 2.56 bits per heavy atom. The normalized spacial score (nSPS) is 11.6. The SMILES string of the molecule is CN(C)S(=O)(=O)c1ccc(=O)n(CC(=O)Nc2ccc(F)cc2Cl)c1. The molecular formula is C15H15ClFN3O4S. The lowest BCUT2D eigenvalue weighted by Gasteiger charge is -2.13. The van der Waals surface area contributed by atoms with Gasteiger partial charge in [0.05, 0.1) is 15.6 Å². The van der Waals surface area contributed by atoms with E-state index >= 15 is 0 Å². The predicted molar refractivity (Wildman–Crippen MR) is 91.6 cm³/mol. The zero-order valence-corrected chi connectivity index (χ0v) is 14.9. The molecule has 0 radical (unpaired) electrons. The van der Waals surface area contributed by atoms with Crippen molar-refractivity contribution in [2.24, 2.45) is 0 Å². The van der Waals surface area contributed by atoms with Crippen molar-refractivity contribution in [3.05, 3.63) is 57.7 Å². The minimum absolute atomic E-state index is 0.00429. The molecule has 25 heavy (non-hydrogen) atoms. The highest BCUT2D eigenvalue weighted by Crippen LogP contribution is 2.22. The summed E-state index contributed by atoms with van der Waals surface area (Å²) in [6.45, 7) is -0.427. The molecular weight excluding hydrogens is 373 g/mol. The molecule has 7 nitrogen and oxygen atoms in total. The van der Waals surface area contributed by atoms with Crippen LogP contribution in [0.5, 0.6) is 0 Å². The summed E-state index contributed by atoms with van der Waals surface area (Å²) in [6.07, 6.45) is 1.09. The minimum Gasteiger partial charge on any atom is -0.323 e. The van der Waals surface area contributed by atoms with Crippen LogP contribution < -0.4 is 10.9 Å². The maximum Gasteiger partial charge on any atom is 0.251 e. The van der Waals surface area contributed by atoms with Crippen molar-refractivity contribution in [1.82, 2.24) is 8.87 Å². The molecule has 10 heteroatoms. The third-order valence-electron chi connectivity index (χ3n) is 3.25. The highest BCUT2D eigenvalue weighted by atomic mass is 35.5. The van der Waals surface area contributed by atoms with Crippen molar-refractivity contribution < 1.29 is 17.6 Å². The predicted octanol–water partition coefficient (Wildman–Crippen LogP) is 1.53. The molecule has 2 aromatic rings. The Kier molecular flexibility index (Phi) is 5.61. The molecule has 0 aliphatic carbocycles. The molecule has 0 fully saturated rings. The Morgan fingerprint density at radius 2 is 1.96 bits per heavy atom. The van der Waals surface area contributed by atoms with E-state index in [4.69, 9.17) is 11.6 Å². The minimum atomic E-state index is -3.74. The first-order valence-corrected chi connectivity index (χ1v) is 8.81. The molecule has 0 aliphatic rings. The van der Waals surface area contributed by atoms with E-state index in [9.17, 15) is 22.4 Å². The van der Waals surface area contributed by atoms with Gasteiger partial charge < -0.3 is 9.88 Å². The third-order valence-corrected chi connectivity index (χ3v) is 5.37. The van der Waals surface area contributed by atoms with Gasteiger partial charge in [0.25, 0.3) is 5.56 Å². The molecule has 1 aromatic carbocycles. The molecule has 134 valence electrons. The maximum absolute atomic E-state index is 13.0. The van der Waals surface area contributed by atoms with E-state index in [0.717, 1.165) is 33.3 Å². The van der Waals surface area contributed by atoms with E-state index in [-0.39, 0.29) is 15.6 Å². The maximum atomic E-state index is 13.0. The molecule has 1 N–H and O–H groups in total. The summed E-state index contributed by atoms with van der Waals surface area (Å²) in [6, 6.07) is 5.67. The van der Waals surface area contributed by atoms with Gasteiger partial charge in [-0.05, 0) is 24.3 Å². The summed E-state index contributed by atoms with van der Waals surface area (Å²) in [4.78, 5) is 23.8. The second-order valence-electron chi connectivity index (χ2n) is 5.29. The average Bonchev–Trinajstić information content (AvgIpc) is 2.52. The highest BCUT2D eigenvalue weighted by molar-refractivity contribution is 7.89. The van der Waals surface area contributed by atoms with Crippen molar-refractivity contribution in [1.29, 1.82) is 0 Å². The number of hydrogen-bond donors (Lipinski definition) is 1. The van der Waals surface area contributed by atoms with E-state index in [1.807, 2.05) is 0 Å². The van der Waals surface area contributed by atoms with Gasteiger partial charge in [-0.2, -0.15) is 0 Å². The molecule has 0 spiro atoms. The molecule has 1 heterocycles. The molecule has 2 rings (SSSR count). The lowest BCUT2D eigenvalue weighted by Crippen LogP contribution is -2.29. The fourth-order valence-electron chi connectivity index (χ4n) is 1.93. The molecule has 0 bridgehead atoms. The van der Waals surface area contributed by atoms with E-state index in [2.05, 4.69) is 5.32 Å². The van der Waals surface area contributed by atoms with Crippen molar-refractivity contribution >= 4 is 33.2 Å². The van der Waals surface area contributed by atoms with Gasteiger partial charge >= 0.3 is 0 Å². The third kappa shape index (κ3) is 4.44. The number of anilines is 1. The van der Waals surface area contributed by atoms with Crippen LogP contribution in [0.25, 0.3) is 0 Å². The number of sulfonamides is 1. The summed E-state index contributed by atoms with van der Waals surface area (Å²) in [5.41, 5.74) is -0.365. The van der Waals surface area contributed by atoms with E-state index in [1.165, 1.54) is 26.2 Å². The van der Waals surface area contributed by atoms with Gasteiger partial charge in [-0.15, -0.1) is 0 Å². The molecule has 0 unspecified atom stereocenters.